The summed E-state index contributed by atoms with van der Waals surface area (Å²) < 4.78 is 61.3. The van der Waals surface area contributed by atoms with Gasteiger partial charge < -0.3 is 9.11 Å². The molecule has 0 bridgehead atoms. The van der Waals surface area contributed by atoms with Crippen molar-refractivity contribution in [3.05, 3.63) is 24.3 Å². The van der Waals surface area contributed by atoms with Crippen LogP contribution in [0.2, 0.25) is 0 Å². The molecule has 0 unspecified atom stereocenters. The van der Waals surface area contributed by atoms with Crippen molar-refractivity contribution in [1.82, 2.24) is 9.44 Å². The predicted octanol–water partition coefficient (Wildman–Crippen LogP) is -7.71. The summed E-state index contributed by atoms with van der Waals surface area (Å²) in [4.78, 5) is 20.7. The fourth-order valence-electron chi connectivity index (χ4n) is 0.401. The van der Waals surface area contributed by atoms with Crippen LogP contribution in [-0.4, -0.2) is 37.8 Å². The molecule has 14 heteroatoms. The summed E-state index contributed by atoms with van der Waals surface area (Å²) >= 11 is 0. The van der Waals surface area contributed by atoms with E-state index in [0.717, 1.165) is 0 Å². The van der Waals surface area contributed by atoms with Gasteiger partial charge in [-0.1, -0.05) is 13.2 Å². The fraction of sp³-hybridized carbons (Fsp3) is 0.250. The molecule has 0 atom stereocenters. The molecule has 116 valence electrons. The molecule has 0 spiro atoms. The van der Waals surface area contributed by atoms with Crippen molar-refractivity contribution in [3.63, 3.8) is 0 Å². The molecule has 0 radical (unpaired) electrons. The molecule has 22 heavy (non-hydrogen) atoms. The molecule has 0 heterocycles. The van der Waals surface area contributed by atoms with Crippen LogP contribution in [-0.2, 0) is 30.2 Å². The Hall–Kier alpha value is 1.51. The van der Waals surface area contributed by atoms with Gasteiger partial charge in [0.05, 0.1) is 0 Å². The second-order valence-corrected chi connectivity index (χ2v) is 5.56. The molecule has 0 aromatic carbocycles. The minimum Gasteiger partial charge on any atom is -0.731 e. The van der Waals surface area contributed by atoms with Crippen LogP contribution in [0.15, 0.2) is 24.3 Å². The second-order valence-electron chi connectivity index (χ2n) is 3.33. The van der Waals surface area contributed by atoms with Crippen LogP contribution in [0.4, 0.5) is 0 Å². The minimum absolute atomic E-state index is 0. The Balaban J connectivity index is -0.000000135. The third kappa shape index (κ3) is 23.8. The van der Waals surface area contributed by atoms with E-state index in [2.05, 4.69) is 13.2 Å². The van der Waals surface area contributed by atoms with Crippen molar-refractivity contribution in [1.29, 1.82) is 0 Å². The zero-order chi connectivity index (χ0) is 16.7. The number of hydrogen-bond donors (Lipinski definition) is 2. The maximum Gasteiger partial charge on any atom is 1.00 e. The van der Waals surface area contributed by atoms with Crippen molar-refractivity contribution < 1.29 is 138 Å². The van der Waals surface area contributed by atoms with Crippen molar-refractivity contribution >= 4 is 32.4 Å². The molecule has 0 rings (SSSR count). The van der Waals surface area contributed by atoms with E-state index in [-0.39, 0.29) is 114 Å². The second kappa shape index (κ2) is 13.8. The van der Waals surface area contributed by atoms with Gasteiger partial charge in [-0.15, -0.1) is 0 Å². The Morgan fingerprint density at radius 1 is 0.773 bits per heavy atom. The van der Waals surface area contributed by atoms with Gasteiger partial charge in [0.25, 0.3) is 11.8 Å². The molecule has 0 aliphatic heterocycles. The van der Waals surface area contributed by atoms with E-state index < -0.39 is 32.4 Å². The number of carbonyl (C=O) groups excluding carboxylic acids is 2. The molecular formula is C8H12K2N2O8S2. The Morgan fingerprint density at radius 2 is 0.955 bits per heavy atom. The molecule has 0 aliphatic carbocycles. The average Bonchev–Trinajstić information content (AvgIpc) is 2.12. The summed E-state index contributed by atoms with van der Waals surface area (Å²) in [7, 11) is -9.36. The van der Waals surface area contributed by atoms with Crippen LogP contribution in [0.25, 0.3) is 0 Å². The largest absolute Gasteiger partial charge is 1.00 e. The number of rotatable bonds is 4. The van der Waals surface area contributed by atoms with Crippen LogP contribution in [0.3, 0.4) is 0 Å². The van der Waals surface area contributed by atoms with Gasteiger partial charge in [0.2, 0.25) is 0 Å². The van der Waals surface area contributed by atoms with E-state index in [9.17, 15) is 35.5 Å². The summed E-state index contributed by atoms with van der Waals surface area (Å²) in [5, 5.41) is 0. The van der Waals surface area contributed by atoms with Crippen LogP contribution >= 0.6 is 0 Å². The number of hydrogen-bond acceptors (Lipinski definition) is 8. The van der Waals surface area contributed by atoms with Crippen molar-refractivity contribution in [2.24, 2.45) is 0 Å². The first-order chi connectivity index (χ1) is 8.65. The molecule has 0 aliphatic rings. The van der Waals surface area contributed by atoms with Crippen molar-refractivity contribution in [2.75, 3.05) is 0 Å². The molecular weight excluding hydrogens is 394 g/mol. The maximum atomic E-state index is 10.4. The van der Waals surface area contributed by atoms with E-state index in [1.165, 1.54) is 23.3 Å². The van der Waals surface area contributed by atoms with Gasteiger partial charge >= 0.3 is 103 Å². The van der Waals surface area contributed by atoms with Gasteiger partial charge in [0.1, 0.15) is 0 Å². The molecule has 0 aromatic rings. The fourth-order valence-corrected chi connectivity index (χ4v) is 1.20. The SMILES string of the molecule is C=C(C)C(=O)NS(=O)(=O)[O-].C=C(C)C(=O)NS(=O)(=O)[O-].[K+].[K+]. The van der Waals surface area contributed by atoms with E-state index in [1.54, 1.807) is 0 Å². The van der Waals surface area contributed by atoms with Gasteiger partial charge in [-0.3, -0.25) is 19.0 Å². The average molecular weight is 407 g/mol. The third-order valence-electron chi connectivity index (χ3n) is 1.21. The Bertz CT molecular complexity index is 571. The standard InChI is InChI=1S/2C4H7NO4S.2K/c2*1-3(2)4(6)5-10(7,8)9;;/h2*1H2,2H3,(H,5,6)(H,7,8,9);;/q;;2*+1/p-2. The Kier molecular flexibility index (Phi) is 19.6. The summed E-state index contributed by atoms with van der Waals surface area (Å²) in [5.41, 5.74) is -0.0566. The van der Waals surface area contributed by atoms with Crippen LogP contribution in [0.1, 0.15) is 13.8 Å². The maximum absolute atomic E-state index is 10.4. The van der Waals surface area contributed by atoms with Gasteiger partial charge in [-0.2, -0.15) is 0 Å². The van der Waals surface area contributed by atoms with E-state index >= 15 is 0 Å². The molecule has 0 saturated carbocycles. The summed E-state index contributed by atoms with van der Waals surface area (Å²) in [5.74, 6) is -1.95. The van der Waals surface area contributed by atoms with Gasteiger partial charge in [-0.25, -0.2) is 16.8 Å². The summed E-state index contributed by atoms with van der Waals surface area (Å²) in [6.45, 7) is 8.83. The summed E-state index contributed by atoms with van der Waals surface area (Å²) in [6.07, 6.45) is 0. The number of carbonyl (C=O) groups is 2. The quantitative estimate of drug-likeness (QED) is 0.263. The molecule has 0 aromatic heterocycles. The Labute approximate surface area is 214 Å². The zero-order valence-corrected chi connectivity index (χ0v) is 20.4. The van der Waals surface area contributed by atoms with E-state index in [1.807, 2.05) is 0 Å². The van der Waals surface area contributed by atoms with E-state index in [4.69, 9.17) is 0 Å². The molecule has 10 nitrogen and oxygen atoms in total. The zero-order valence-electron chi connectivity index (χ0n) is 12.5. The van der Waals surface area contributed by atoms with Crippen molar-refractivity contribution in [3.8, 4) is 0 Å². The Morgan fingerprint density at radius 3 is 1.00 bits per heavy atom. The topological polar surface area (TPSA) is 173 Å². The monoisotopic (exact) mass is 406 g/mol. The smallest absolute Gasteiger partial charge is 0.731 e. The first-order valence-electron chi connectivity index (χ1n) is 4.52. The summed E-state index contributed by atoms with van der Waals surface area (Å²) in [6, 6.07) is 0. The van der Waals surface area contributed by atoms with Gasteiger partial charge in [0, 0.05) is 11.1 Å². The van der Waals surface area contributed by atoms with Gasteiger partial charge in [-0.05, 0) is 13.8 Å². The number of amides is 2. The molecule has 0 fully saturated rings. The predicted molar refractivity (Wildman–Crippen MR) is 65.3 cm³/mol. The van der Waals surface area contributed by atoms with Crippen LogP contribution in [0.5, 0.6) is 0 Å². The first kappa shape index (κ1) is 31.3. The van der Waals surface area contributed by atoms with Crippen molar-refractivity contribution in [2.45, 2.75) is 13.8 Å². The van der Waals surface area contributed by atoms with Crippen LogP contribution < -0.4 is 112 Å². The minimum atomic E-state index is -4.68. The molecule has 2 amide bonds. The van der Waals surface area contributed by atoms with E-state index in [0.29, 0.717) is 0 Å². The van der Waals surface area contributed by atoms with Crippen LogP contribution in [0, 0.1) is 0 Å². The normalized spacial score (nSPS) is 9.64. The first-order valence-corrected chi connectivity index (χ1v) is 7.34. The third-order valence-corrected chi connectivity index (χ3v) is 2.08. The number of nitrogens with one attached hydrogen (secondary N) is 2. The van der Waals surface area contributed by atoms with Gasteiger partial charge in [0.15, 0.2) is 20.6 Å². The molecule has 2 N–H and O–H groups in total. The molecule has 0 saturated heterocycles.